The molecule has 0 radical (unpaired) electrons. The maximum absolute atomic E-state index is 12.1. The lowest BCUT2D eigenvalue weighted by atomic mass is 9.79. The average molecular weight is 265 g/mol. The van der Waals surface area contributed by atoms with Crippen LogP contribution < -0.4 is 10.6 Å². The largest absolute Gasteiger partial charge is 0.352 e. The van der Waals surface area contributed by atoms with Gasteiger partial charge in [0.1, 0.15) is 5.92 Å². The van der Waals surface area contributed by atoms with E-state index in [1.165, 1.54) is 0 Å². The minimum atomic E-state index is -0.508. The molecular weight excluding hydrogens is 238 g/mol. The molecule has 0 spiro atoms. The summed E-state index contributed by atoms with van der Waals surface area (Å²) in [5, 5.41) is 15.7. The van der Waals surface area contributed by atoms with Gasteiger partial charge in [-0.05, 0) is 47.0 Å². The molecule has 1 amide bonds. The Morgan fingerprint density at radius 3 is 2.32 bits per heavy atom. The van der Waals surface area contributed by atoms with E-state index in [0.717, 1.165) is 19.3 Å². The molecular formula is C15H27N3O. The van der Waals surface area contributed by atoms with Crippen LogP contribution in [0.4, 0.5) is 0 Å². The van der Waals surface area contributed by atoms with Gasteiger partial charge in [0.05, 0.1) is 6.07 Å². The number of piperidine rings is 1. The third kappa shape index (κ3) is 4.83. The van der Waals surface area contributed by atoms with Crippen molar-refractivity contribution in [3.8, 4) is 6.07 Å². The standard InChI is InChI=1S/C15H27N3O/c1-6-7-11(10-16)13(19)17-12-8-14(2,3)18-15(4,5)9-12/h11-12,18H,6-9H2,1-5H3,(H,17,19). The molecule has 19 heavy (non-hydrogen) atoms. The minimum absolute atomic E-state index is 0.00654. The topological polar surface area (TPSA) is 64.9 Å². The van der Waals surface area contributed by atoms with Gasteiger partial charge in [-0.3, -0.25) is 4.79 Å². The fraction of sp³-hybridized carbons (Fsp3) is 0.867. The van der Waals surface area contributed by atoms with E-state index in [1.807, 2.05) is 6.92 Å². The number of carbonyl (C=O) groups is 1. The number of nitrogens with zero attached hydrogens (tertiary/aromatic N) is 1. The van der Waals surface area contributed by atoms with Gasteiger partial charge in [-0.25, -0.2) is 0 Å². The van der Waals surface area contributed by atoms with Crippen molar-refractivity contribution in [1.82, 2.24) is 10.6 Å². The van der Waals surface area contributed by atoms with Crippen LogP contribution in [0.1, 0.15) is 60.3 Å². The molecule has 0 aromatic carbocycles. The van der Waals surface area contributed by atoms with E-state index < -0.39 is 5.92 Å². The third-order valence-electron chi connectivity index (χ3n) is 3.59. The van der Waals surface area contributed by atoms with Gasteiger partial charge in [-0.1, -0.05) is 13.3 Å². The molecule has 1 unspecified atom stereocenters. The monoisotopic (exact) mass is 265 g/mol. The van der Waals surface area contributed by atoms with Gasteiger partial charge in [-0.15, -0.1) is 0 Å². The Bertz CT molecular complexity index is 352. The highest BCUT2D eigenvalue weighted by Crippen LogP contribution is 2.28. The predicted molar refractivity (Wildman–Crippen MR) is 76.5 cm³/mol. The van der Waals surface area contributed by atoms with Crippen molar-refractivity contribution in [3.05, 3.63) is 0 Å². The number of carbonyl (C=O) groups excluding carboxylic acids is 1. The highest BCUT2D eigenvalue weighted by atomic mass is 16.1. The van der Waals surface area contributed by atoms with Crippen LogP contribution in [0.5, 0.6) is 0 Å². The normalized spacial score (nSPS) is 23.4. The number of nitriles is 1. The number of nitrogens with one attached hydrogen (secondary N) is 2. The maximum Gasteiger partial charge on any atom is 0.237 e. The molecule has 2 N–H and O–H groups in total. The van der Waals surface area contributed by atoms with Gasteiger partial charge >= 0.3 is 0 Å². The van der Waals surface area contributed by atoms with Crippen molar-refractivity contribution in [2.45, 2.75) is 77.4 Å². The van der Waals surface area contributed by atoms with Crippen LogP contribution in [0, 0.1) is 17.2 Å². The molecule has 0 saturated carbocycles. The van der Waals surface area contributed by atoms with Gasteiger partial charge in [0.25, 0.3) is 0 Å². The Morgan fingerprint density at radius 1 is 1.37 bits per heavy atom. The lowest BCUT2D eigenvalue weighted by molar-refractivity contribution is -0.124. The molecule has 4 heteroatoms. The van der Waals surface area contributed by atoms with Crippen LogP contribution in [-0.2, 0) is 4.79 Å². The summed E-state index contributed by atoms with van der Waals surface area (Å²) in [5.74, 6) is -0.617. The molecule has 0 bridgehead atoms. The Kier molecular flexibility index (Phi) is 4.98. The van der Waals surface area contributed by atoms with Crippen LogP contribution in [-0.4, -0.2) is 23.0 Å². The molecule has 1 fully saturated rings. The summed E-state index contributed by atoms with van der Waals surface area (Å²) in [6, 6.07) is 2.25. The molecule has 1 heterocycles. The van der Waals surface area contributed by atoms with Crippen LogP contribution in [0.15, 0.2) is 0 Å². The average Bonchev–Trinajstić information content (AvgIpc) is 2.20. The second-order valence-electron chi connectivity index (χ2n) is 6.98. The van der Waals surface area contributed by atoms with Crippen molar-refractivity contribution in [2.75, 3.05) is 0 Å². The fourth-order valence-electron chi connectivity index (χ4n) is 3.27. The smallest absolute Gasteiger partial charge is 0.237 e. The van der Waals surface area contributed by atoms with Crippen molar-refractivity contribution >= 4 is 5.91 Å². The second kappa shape index (κ2) is 5.92. The van der Waals surface area contributed by atoms with E-state index in [9.17, 15) is 4.79 Å². The number of amides is 1. The third-order valence-corrected chi connectivity index (χ3v) is 3.59. The van der Waals surface area contributed by atoms with Gasteiger partial charge < -0.3 is 10.6 Å². The zero-order valence-corrected chi connectivity index (χ0v) is 12.8. The summed E-state index contributed by atoms with van der Waals surface area (Å²) in [4.78, 5) is 12.1. The molecule has 1 saturated heterocycles. The Morgan fingerprint density at radius 2 is 1.89 bits per heavy atom. The molecule has 0 aromatic rings. The van der Waals surface area contributed by atoms with E-state index in [-0.39, 0.29) is 23.0 Å². The molecule has 1 atom stereocenters. The summed E-state index contributed by atoms with van der Waals surface area (Å²) in [6.07, 6.45) is 3.29. The van der Waals surface area contributed by atoms with E-state index >= 15 is 0 Å². The first-order valence-electron chi connectivity index (χ1n) is 7.18. The zero-order valence-electron chi connectivity index (χ0n) is 12.8. The van der Waals surface area contributed by atoms with Crippen LogP contribution in [0.25, 0.3) is 0 Å². The summed E-state index contributed by atoms with van der Waals surface area (Å²) in [7, 11) is 0. The van der Waals surface area contributed by atoms with Crippen molar-refractivity contribution < 1.29 is 4.79 Å². The molecule has 1 aliphatic rings. The van der Waals surface area contributed by atoms with E-state index in [1.54, 1.807) is 0 Å². The summed E-state index contributed by atoms with van der Waals surface area (Å²) in [6.45, 7) is 10.6. The number of hydrogen-bond donors (Lipinski definition) is 2. The first-order valence-corrected chi connectivity index (χ1v) is 7.18. The molecule has 0 aromatic heterocycles. The molecule has 108 valence electrons. The van der Waals surface area contributed by atoms with E-state index in [0.29, 0.717) is 6.42 Å². The van der Waals surface area contributed by atoms with Crippen LogP contribution in [0.3, 0.4) is 0 Å². The van der Waals surface area contributed by atoms with Crippen molar-refractivity contribution in [3.63, 3.8) is 0 Å². The van der Waals surface area contributed by atoms with Gasteiger partial charge in [0.2, 0.25) is 5.91 Å². The van der Waals surface area contributed by atoms with Gasteiger partial charge in [0, 0.05) is 17.1 Å². The SMILES string of the molecule is CCCC(C#N)C(=O)NC1CC(C)(C)NC(C)(C)C1. The highest BCUT2D eigenvalue weighted by Gasteiger charge is 2.38. The summed E-state index contributed by atoms with van der Waals surface area (Å²) >= 11 is 0. The van der Waals surface area contributed by atoms with Crippen LogP contribution >= 0.6 is 0 Å². The van der Waals surface area contributed by atoms with Crippen molar-refractivity contribution in [1.29, 1.82) is 5.26 Å². The van der Waals surface area contributed by atoms with Gasteiger partial charge in [-0.2, -0.15) is 5.26 Å². The lowest BCUT2D eigenvalue weighted by Gasteiger charge is -2.46. The Balaban J connectivity index is 2.66. The summed E-state index contributed by atoms with van der Waals surface area (Å²) < 4.78 is 0. The zero-order chi connectivity index (χ0) is 14.7. The van der Waals surface area contributed by atoms with E-state index in [4.69, 9.17) is 5.26 Å². The number of hydrogen-bond acceptors (Lipinski definition) is 3. The minimum Gasteiger partial charge on any atom is -0.352 e. The highest BCUT2D eigenvalue weighted by molar-refractivity contribution is 5.81. The van der Waals surface area contributed by atoms with Gasteiger partial charge in [0.15, 0.2) is 0 Å². The first kappa shape index (κ1) is 16.0. The quantitative estimate of drug-likeness (QED) is 0.820. The lowest BCUT2D eigenvalue weighted by Crippen LogP contribution is -2.62. The number of rotatable bonds is 4. The predicted octanol–water partition coefficient (Wildman–Crippen LogP) is 2.35. The molecule has 0 aliphatic carbocycles. The Labute approximate surface area is 116 Å². The van der Waals surface area contributed by atoms with Crippen LogP contribution in [0.2, 0.25) is 0 Å². The fourth-order valence-corrected chi connectivity index (χ4v) is 3.27. The summed E-state index contributed by atoms with van der Waals surface area (Å²) in [5.41, 5.74) is 0.0131. The second-order valence-corrected chi connectivity index (χ2v) is 6.98. The van der Waals surface area contributed by atoms with Crippen molar-refractivity contribution in [2.24, 2.45) is 5.92 Å². The molecule has 4 nitrogen and oxygen atoms in total. The molecule has 1 rings (SSSR count). The molecule has 1 aliphatic heterocycles. The Hall–Kier alpha value is -1.08. The first-order chi connectivity index (χ1) is 8.69. The van der Waals surface area contributed by atoms with E-state index in [2.05, 4.69) is 44.4 Å². The maximum atomic E-state index is 12.1.